The normalized spacial score (nSPS) is 11.1. The van der Waals surface area contributed by atoms with E-state index in [0.717, 1.165) is 17.7 Å². The van der Waals surface area contributed by atoms with Gasteiger partial charge in [0.2, 0.25) is 0 Å². The van der Waals surface area contributed by atoms with E-state index in [-0.39, 0.29) is 5.56 Å². The fraction of sp³-hybridized carbons (Fsp3) is 0.440. The van der Waals surface area contributed by atoms with Crippen molar-refractivity contribution in [2.24, 2.45) is 4.99 Å². The van der Waals surface area contributed by atoms with E-state index in [1.54, 1.807) is 36.5 Å². The Hall–Kier alpha value is -2.33. The van der Waals surface area contributed by atoms with E-state index < -0.39 is 5.97 Å². The van der Waals surface area contributed by atoms with Crippen LogP contribution in [-0.4, -0.2) is 23.9 Å². The second-order valence-electron chi connectivity index (χ2n) is 7.48. The summed E-state index contributed by atoms with van der Waals surface area (Å²) in [4.78, 5) is 15.3. The maximum atomic E-state index is 10.9. The van der Waals surface area contributed by atoms with E-state index in [1.807, 2.05) is 12.1 Å². The van der Waals surface area contributed by atoms with E-state index in [2.05, 4.69) is 11.9 Å². The predicted octanol–water partition coefficient (Wildman–Crippen LogP) is 7.70. The number of ether oxygens (including phenoxy) is 1. The summed E-state index contributed by atoms with van der Waals surface area (Å²) in [5, 5.41) is 9.47. The number of benzene rings is 2. The summed E-state index contributed by atoms with van der Waals surface area (Å²) in [5.74, 6) is -0.260. The van der Waals surface area contributed by atoms with Gasteiger partial charge in [0.05, 0.1) is 22.9 Å². The molecule has 0 heterocycles. The minimum atomic E-state index is -0.941. The number of aliphatic imine (C=N–C) groups is 1. The smallest absolute Gasteiger partial charge is 0.335 e. The first-order valence-electron chi connectivity index (χ1n) is 10.9. The molecule has 0 amide bonds. The fourth-order valence-corrected chi connectivity index (χ4v) is 3.37. The van der Waals surface area contributed by atoms with Gasteiger partial charge in [0.25, 0.3) is 0 Å². The largest absolute Gasteiger partial charge is 0.492 e. The molecule has 2 rings (SSSR count). The van der Waals surface area contributed by atoms with Gasteiger partial charge in [-0.15, -0.1) is 0 Å². The van der Waals surface area contributed by atoms with E-state index >= 15 is 0 Å². The van der Waals surface area contributed by atoms with Crippen LogP contribution < -0.4 is 4.74 Å². The fourth-order valence-electron chi connectivity index (χ4n) is 3.14. The molecule has 0 saturated carbocycles. The lowest BCUT2D eigenvalue weighted by molar-refractivity contribution is 0.0697. The molecule has 5 heteroatoms. The molecule has 0 fully saturated rings. The molecule has 4 nitrogen and oxygen atoms in total. The topological polar surface area (TPSA) is 58.9 Å². The van der Waals surface area contributed by atoms with Gasteiger partial charge in [0, 0.05) is 6.21 Å². The lowest BCUT2D eigenvalue weighted by atomic mass is 10.1. The van der Waals surface area contributed by atoms with Crippen molar-refractivity contribution in [1.29, 1.82) is 0 Å². The predicted molar refractivity (Wildman–Crippen MR) is 125 cm³/mol. The van der Waals surface area contributed by atoms with Crippen LogP contribution >= 0.6 is 11.6 Å². The molecular formula is C25H32ClNO3. The van der Waals surface area contributed by atoms with Crippen LogP contribution in [-0.2, 0) is 0 Å². The van der Waals surface area contributed by atoms with Crippen molar-refractivity contribution in [3.05, 3.63) is 58.6 Å². The molecule has 0 aliphatic carbocycles. The van der Waals surface area contributed by atoms with Gasteiger partial charge in [-0.1, -0.05) is 82.0 Å². The van der Waals surface area contributed by atoms with Crippen molar-refractivity contribution in [2.45, 2.75) is 64.7 Å². The van der Waals surface area contributed by atoms with Crippen LogP contribution in [0.2, 0.25) is 5.02 Å². The van der Waals surface area contributed by atoms with Gasteiger partial charge in [-0.2, -0.15) is 0 Å². The molecule has 2 aromatic carbocycles. The average molecular weight is 430 g/mol. The van der Waals surface area contributed by atoms with E-state index in [1.165, 1.54) is 51.4 Å². The van der Waals surface area contributed by atoms with Gasteiger partial charge >= 0.3 is 5.97 Å². The molecule has 0 aromatic heterocycles. The lowest BCUT2D eigenvalue weighted by Crippen LogP contribution is -1.97. The van der Waals surface area contributed by atoms with Gasteiger partial charge in [0.1, 0.15) is 5.75 Å². The quantitative estimate of drug-likeness (QED) is 0.247. The minimum Gasteiger partial charge on any atom is -0.492 e. The number of carbonyl (C=O) groups is 1. The van der Waals surface area contributed by atoms with Crippen molar-refractivity contribution < 1.29 is 14.6 Å². The monoisotopic (exact) mass is 429 g/mol. The molecule has 0 radical (unpaired) electrons. The number of carboxylic acid groups (broad SMARTS) is 1. The summed E-state index contributed by atoms with van der Waals surface area (Å²) in [6.07, 6.45) is 13.2. The van der Waals surface area contributed by atoms with Crippen LogP contribution in [0.25, 0.3) is 0 Å². The number of nitrogens with zero attached hydrogens (tertiary/aromatic N) is 1. The molecule has 0 aliphatic rings. The van der Waals surface area contributed by atoms with E-state index in [9.17, 15) is 4.79 Å². The SMILES string of the molecule is CCCCCCCCCCCOc1ccc(N=Cc2ccc(C(=O)O)cc2)cc1Cl. The number of halogens is 1. The van der Waals surface area contributed by atoms with E-state index in [0.29, 0.717) is 17.4 Å². The highest BCUT2D eigenvalue weighted by Crippen LogP contribution is 2.29. The third-order valence-electron chi connectivity index (χ3n) is 4.94. The molecule has 0 spiro atoms. The Labute approximate surface area is 185 Å². The number of hydrogen-bond donors (Lipinski definition) is 1. The maximum absolute atomic E-state index is 10.9. The van der Waals surface area contributed by atoms with Crippen LogP contribution in [0.3, 0.4) is 0 Å². The summed E-state index contributed by atoms with van der Waals surface area (Å²) in [6.45, 7) is 2.92. The molecule has 0 unspecified atom stereocenters. The Morgan fingerprint density at radius 3 is 2.20 bits per heavy atom. The molecule has 0 aliphatic heterocycles. The van der Waals surface area contributed by atoms with Gasteiger partial charge < -0.3 is 9.84 Å². The van der Waals surface area contributed by atoms with Crippen molar-refractivity contribution in [1.82, 2.24) is 0 Å². The number of aromatic carboxylic acids is 1. The van der Waals surface area contributed by atoms with Crippen molar-refractivity contribution in [3.63, 3.8) is 0 Å². The number of carboxylic acids is 1. The number of unbranched alkanes of at least 4 members (excludes halogenated alkanes) is 8. The minimum absolute atomic E-state index is 0.253. The van der Waals surface area contributed by atoms with Gasteiger partial charge in [-0.25, -0.2) is 4.79 Å². The Balaban J connectivity index is 1.70. The standard InChI is InChI=1S/C25H32ClNO3/c1-2-3-4-5-6-7-8-9-10-17-30-24-16-15-22(18-23(24)26)27-19-20-11-13-21(14-12-20)25(28)29/h11-16,18-19H,2-10,17H2,1H3,(H,28,29). The van der Waals surface area contributed by atoms with Gasteiger partial charge in [0.15, 0.2) is 0 Å². The second-order valence-corrected chi connectivity index (χ2v) is 7.88. The summed E-state index contributed by atoms with van der Waals surface area (Å²) < 4.78 is 5.81. The van der Waals surface area contributed by atoms with Crippen molar-refractivity contribution in [3.8, 4) is 5.75 Å². The summed E-state index contributed by atoms with van der Waals surface area (Å²) >= 11 is 6.33. The van der Waals surface area contributed by atoms with Crippen LogP contribution in [0.1, 0.15) is 80.6 Å². The zero-order chi connectivity index (χ0) is 21.6. The Morgan fingerprint density at radius 2 is 1.60 bits per heavy atom. The molecule has 30 heavy (non-hydrogen) atoms. The van der Waals surface area contributed by atoms with Crippen LogP contribution in [0.15, 0.2) is 47.5 Å². The summed E-state index contributed by atoms with van der Waals surface area (Å²) in [7, 11) is 0. The first-order valence-corrected chi connectivity index (χ1v) is 11.3. The molecule has 0 saturated heterocycles. The molecule has 0 bridgehead atoms. The molecular weight excluding hydrogens is 398 g/mol. The highest BCUT2D eigenvalue weighted by Gasteiger charge is 2.04. The number of hydrogen-bond acceptors (Lipinski definition) is 3. The molecule has 162 valence electrons. The Morgan fingerprint density at radius 1 is 0.967 bits per heavy atom. The Kier molecular flexibility index (Phi) is 11.0. The van der Waals surface area contributed by atoms with Crippen molar-refractivity contribution >= 4 is 29.5 Å². The summed E-state index contributed by atoms with van der Waals surface area (Å²) in [6, 6.07) is 12.0. The van der Waals surface area contributed by atoms with E-state index in [4.69, 9.17) is 21.4 Å². The lowest BCUT2D eigenvalue weighted by Gasteiger charge is -2.08. The van der Waals surface area contributed by atoms with Gasteiger partial charge in [-0.05, 0) is 42.3 Å². The first-order chi connectivity index (χ1) is 14.6. The summed E-state index contributed by atoms with van der Waals surface area (Å²) in [5.41, 5.74) is 1.79. The van der Waals surface area contributed by atoms with Crippen molar-refractivity contribution in [2.75, 3.05) is 6.61 Å². The third-order valence-corrected chi connectivity index (χ3v) is 5.24. The second kappa shape index (κ2) is 13.8. The molecule has 0 atom stereocenters. The van der Waals surface area contributed by atoms with Crippen LogP contribution in [0, 0.1) is 0 Å². The molecule has 1 N–H and O–H groups in total. The first kappa shape index (κ1) is 23.9. The molecule has 2 aromatic rings. The zero-order valence-corrected chi connectivity index (χ0v) is 18.5. The number of rotatable bonds is 14. The third kappa shape index (κ3) is 9.00. The maximum Gasteiger partial charge on any atom is 0.335 e. The van der Waals surface area contributed by atoms with Gasteiger partial charge in [-0.3, -0.25) is 4.99 Å². The van der Waals surface area contributed by atoms with Crippen LogP contribution in [0.5, 0.6) is 5.75 Å². The highest BCUT2D eigenvalue weighted by atomic mass is 35.5. The average Bonchev–Trinajstić information content (AvgIpc) is 2.75. The highest BCUT2D eigenvalue weighted by molar-refractivity contribution is 6.32. The Bertz CT molecular complexity index is 803. The van der Waals surface area contributed by atoms with Crippen LogP contribution in [0.4, 0.5) is 5.69 Å². The zero-order valence-electron chi connectivity index (χ0n) is 17.8.